The molecule has 0 amide bonds. The van der Waals surface area contributed by atoms with Crippen LogP contribution in [0.5, 0.6) is 0 Å². The summed E-state index contributed by atoms with van der Waals surface area (Å²) in [7, 11) is -5.58. The van der Waals surface area contributed by atoms with Crippen LogP contribution in [0.3, 0.4) is 0 Å². The molecule has 1 aliphatic heterocycles. The summed E-state index contributed by atoms with van der Waals surface area (Å²) < 4.78 is 118. The molecule has 1 heterocycles. The molecule has 0 unspecified atom stereocenters. The van der Waals surface area contributed by atoms with Gasteiger partial charge in [0.1, 0.15) is 0 Å². The van der Waals surface area contributed by atoms with Gasteiger partial charge in [-0.05, 0) is 21.1 Å². The van der Waals surface area contributed by atoms with Crippen molar-refractivity contribution in [3.63, 3.8) is 0 Å². The third-order valence-corrected chi connectivity index (χ3v) is 4.29. The monoisotopic (exact) mass is 587 g/mol. The van der Waals surface area contributed by atoms with Crippen LogP contribution in [0.25, 0.3) is 0 Å². The van der Waals surface area contributed by atoms with E-state index in [-0.39, 0.29) is 26.9 Å². The van der Waals surface area contributed by atoms with Crippen molar-refractivity contribution in [2.45, 2.75) is 11.0 Å². The number of likely N-dealkylation sites (N-methyl/N-ethyl adjacent to an activating group) is 3. The number of nitrogens with zero attached hydrogens (tertiary/aromatic N) is 3. The van der Waals surface area contributed by atoms with Gasteiger partial charge in [-0.1, -0.05) is 0 Å². The van der Waals surface area contributed by atoms with Crippen LogP contribution in [0, 0.1) is 7.43 Å². The molecule has 0 saturated carbocycles. The van der Waals surface area contributed by atoms with E-state index < -0.39 is 31.3 Å². The summed E-state index contributed by atoms with van der Waals surface area (Å²) in [6.45, 7) is 7.19. The first kappa shape index (κ1) is 37.2. The second kappa shape index (κ2) is 14.9. The summed E-state index contributed by atoms with van der Waals surface area (Å²) in [5, 5.41) is 0. The second-order valence-corrected chi connectivity index (χ2v) is 8.45. The van der Waals surface area contributed by atoms with Crippen LogP contribution in [0.4, 0.5) is 26.3 Å². The molecule has 0 bridgehead atoms. The van der Waals surface area contributed by atoms with Gasteiger partial charge in [0.2, 0.25) is 0 Å². The van der Waals surface area contributed by atoms with Gasteiger partial charge in [0, 0.05) is 39.3 Å². The first-order chi connectivity index (χ1) is 12.2. The third kappa shape index (κ3) is 18.7. The van der Waals surface area contributed by atoms with E-state index in [1.807, 2.05) is 0 Å². The van der Waals surface area contributed by atoms with Crippen LogP contribution < -0.4 is 0 Å². The zero-order valence-corrected chi connectivity index (χ0v) is 19.7. The topological polar surface area (TPSA) is 124 Å². The summed E-state index contributed by atoms with van der Waals surface area (Å²) in [6.07, 6.45) is 0. The Balaban J connectivity index is -0.000000169. The molecule has 0 aromatic rings. The molecule has 0 radical (unpaired) electrons. The summed E-state index contributed by atoms with van der Waals surface area (Å²) >= 11 is 0. The standard InChI is InChI=1S/C9H21N3.2CHF3O3S.CH3.Rh/c1-10-4-6-11(2)8-9-12(3)7-5-10;2*2-1(3,4)8(5,6)7;;/h4-9H2,1-3H3;2*(H,5,6,7);1H3;/q;;;-1;+3/p-2. The van der Waals surface area contributed by atoms with Gasteiger partial charge in [-0.2, -0.15) is 26.3 Å². The molecule has 1 rings (SSSR count). The van der Waals surface area contributed by atoms with Gasteiger partial charge in [-0.25, -0.2) is 16.8 Å². The Labute approximate surface area is 185 Å². The Morgan fingerprint density at radius 2 is 0.700 bits per heavy atom. The fraction of sp³-hybridized carbons (Fsp3) is 0.917. The van der Waals surface area contributed by atoms with Gasteiger partial charge in [-0.3, -0.25) is 0 Å². The number of rotatable bonds is 0. The zero-order valence-electron chi connectivity index (χ0n) is 16.5. The molecule has 30 heavy (non-hydrogen) atoms. The van der Waals surface area contributed by atoms with Crippen LogP contribution in [0.1, 0.15) is 0 Å². The molecule has 9 nitrogen and oxygen atoms in total. The molecule has 0 aliphatic carbocycles. The molecule has 0 aromatic heterocycles. The summed E-state index contributed by atoms with van der Waals surface area (Å²) in [4.78, 5) is 7.20. The Bertz CT molecular complexity index is 583. The van der Waals surface area contributed by atoms with Gasteiger partial charge in [-0.15, -0.1) is 0 Å². The van der Waals surface area contributed by atoms with E-state index in [2.05, 4.69) is 35.8 Å². The number of alkyl halides is 6. The Hall–Kier alpha value is -0.0966. The van der Waals surface area contributed by atoms with Crippen LogP contribution >= 0.6 is 0 Å². The van der Waals surface area contributed by atoms with Crippen LogP contribution in [0.15, 0.2) is 0 Å². The largest absolute Gasteiger partial charge is 3.00 e. The summed E-state index contributed by atoms with van der Waals surface area (Å²) in [6, 6.07) is 0. The van der Waals surface area contributed by atoms with Crippen molar-refractivity contribution in [2.75, 3.05) is 60.4 Å². The molecule has 1 saturated heterocycles. The van der Waals surface area contributed by atoms with Crippen LogP contribution in [-0.2, 0) is 39.7 Å². The van der Waals surface area contributed by atoms with Gasteiger partial charge in [0.05, 0.1) is 0 Å². The van der Waals surface area contributed by atoms with Crippen molar-refractivity contribution in [1.82, 2.24) is 14.7 Å². The molecule has 0 atom stereocenters. The first-order valence-electron chi connectivity index (χ1n) is 7.28. The van der Waals surface area contributed by atoms with E-state index in [1.165, 1.54) is 39.3 Å². The van der Waals surface area contributed by atoms with E-state index in [0.29, 0.717) is 0 Å². The maximum Gasteiger partial charge on any atom is 3.00 e. The van der Waals surface area contributed by atoms with E-state index in [1.54, 1.807) is 0 Å². The van der Waals surface area contributed by atoms with Crippen LogP contribution in [0.2, 0.25) is 0 Å². The molecule has 0 N–H and O–H groups in total. The van der Waals surface area contributed by atoms with Crippen molar-refractivity contribution < 1.29 is 71.8 Å². The third-order valence-electron chi connectivity index (χ3n) is 3.16. The molecule has 186 valence electrons. The van der Waals surface area contributed by atoms with Crippen molar-refractivity contribution in [3.8, 4) is 0 Å². The first-order valence-corrected chi connectivity index (χ1v) is 10.1. The minimum atomic E-state index is -6.09. The number of halogens is 6. The van der Waals surface area contributed by atoms with E-state index >= 15 is 0 Å². The molecule has 1 fully saturated rings. The minimum absolute atomic E-state index is 0. The quantitative estimate of drug-likeness (QED) is 0.130. The summed E-state index contributed by atoms with van der Waals surface area (Å²) in [5.74, 6) is 0. The number of hydrogen-bond acceptors (Lipinski definition) is 9. The average molecular weight is 587 g/mol. The zero-order chi connectivity index (χ0) is 23.0. The van der Waals surface area contributed by atoms with Crippen LogP contribution in [-0.4, -0.2) is 112 Å². The van der Waals surface area contributed by atoms with Crippen molar-refractivity contribution in [1.29, 1.82) is 0 Å². The fourth-order valence-electron chi connectivity index (χ4n) is 1.36. The molecule has 0 spiro atoms. The van der Waals surface area contributed by atoms with Gasteiger partial charge >= 0.3 is 30.5 Å². The Morgan fingerprint density at radius 1 is 0.600 bits per heavy atom. The smallest absolute Gasteiger partial charge is 0.741 e. The SMILES string of the molecule is CN1CCN(C)CCN(C)CC1.O=S(=O)([O-])C(F)(F)F.O=S(=O)([O-])C(F)(F)F.[CH3-].[Rh+3]. The van der Waals surface area contributed by atoms with E-state index in [9.17, 15) is 26.3 Å². The molecule has 18 heteroatoms. The maximum absolute atomic E-state index is 10.7. The predicted molar refractivity (Wildman–Crippen MR) is 90.4 cm³/mol. The molecular weight excluding hydrogens is 563 g/mol. The Kier molecular flexibility index (Phi) is 18.5. The van der Waals surface area contributed by atoms with E-state index in [0.717, 1.165) is 0 Å². The van der Waals surface area contributed by atoms with E-state index in [4.69, 9.17) is 25.9 Å². The molecule has 0 aromatic carbocycles. The Morgan fingerprint density at radius 3 is 0.767 bits per heavy atom. The van der Waals surface area contributed by atoms with Gasteiger partial charge in [0.25, 0.3) is 0 Å². The molecular formula is C12H24F6N3O6RhS2. The maximum atomic E-state index is 10.7. The van der Waals surface area contributed by atoms with Crippen molar-refractivity contribution in [2.24, 2.45) is 0 Å². The number of hydrogen-bond donors (Lipinski definition) is 0. The fourth-order valence-corrected chi connectivity index (χ4v) is 1.36. The van der Waals surface area contributed by atoms with Crippen molar-refractivity contribution >= 4 is 20.2 Å². The van der Waals surface area contributed by atoms with Crippen molar-refractivity contribution in [3.05, 3.63) is 7.43 Å². The normalized spacial score (nSPS) is 18.0. The van der Waals surface area contributed by atoms with Gasteiger partial charge < -0.3 is 31.2 Å². The average Bonchev–Trinajstić information content (AvgIpc) is 2.51. The second-order valence-electron chi connectivity index (χ2n) is 5.71. The predicted octanol–water partition coefficient (Wildman–Crippen LogP) is 0.346. The van der Waals surface area contributed by atoms with Gasteiger partial charge in [0.15, 0.2) is 20.2 Å². The molecule has 1 aliphatic rings. The minimum Gasteiger partial charge on any atom is -0.741 e. The summed E-state index contributed by atoms with van der Waals surface area (Å²) in [5.41, 5.74) is -11.3.